The summed E-state index contributed by atoms with van der Waals surface area (Å²) < 4.78 is 11.1. The van der Waals surface area contributed by atoms with E-state index >= 15 is 0 Å². The fraction of sp³-hybridized carbons (Fsp3) is 0.600. The molecule has 1 aromatic carbocycles. The Bertz CT molecular complexity index is 344. The zero-order valence-electron chi connectivity index (χ0n) is 11.0. The van der Waals surface area contributed by atoms with Crippen LogP contribution >= 0.6 is 0 Å². The van der Waals surface area contributed by atoms with Gasteiger partial charge >= 0.3 is 0 Å². The smallest absolute Gasteiger partial charge is 0.119 e. The number of epoxide rings is 1. The zero-order valence-corrected chi connectivity index (χ0v) is 11.0. The van der Waals surface area contributed by atoms with Gasteiger partial charge < -0.3 is 9.47 Å². The van der Waals surface area contributed by atoms with Crippen molar-refractivity contribution >= 4 is 0 Å². The van der Waals surface area contributed by atoms with Gasteiger partial charge in [-0.25, -0.2) is 0 Å². The van der Waals surface area contributed by atoms with E-state index in [4.69, 9.17) is 9.47 Å². The van der Waals surface area contributed by atoms with Gasteiger partial charge in [-0.2, -0.15) is 0 Å². The number of benzene rings is 1. The Morgan fingerprint density at radius 1 is 1.29 bits per heavy atom. The van der Waals surface area contributed by atoms with Crippen molar-refractivity contribution in [3.63, 3.8) is 0 Å². The molecule has 1 aliphatic heterocycles. The highest BCUT2D eigenvalue weighted by molar-refractivity contribution is 5.27. The molecule has 0 N–H and O–H groups in total. The van der Waals surface area contributed by atoms with E-state index in [0.717, 1.165) is 25.2 Å². The molecule has 0 radical (unpaired) electrons. The minimum Gasteiger partial charge on any atom is -0.494 e. The monoisotopic (exact) mass is 234 g/mol. The van der Waals surface area contributed by atoms with Crippen molar-refractivity contribution in [3.8, 4) is 5.75 Å². The first-order valence-corrected chi connectivity index (χ1v) is 6.58. The third kappa shape index (κ3) is 3.47. The Labute approximate surface area is 104 Å². The number of rotatable bonds is 6. The second kappa shape index (κ2) is 5.54. The molecule has 0 saturated carbocycles. The highest BCUT2D eigenvalue weighted by atomic mass is 16.6. The second-order valence-electron chi connectivity index (χ2n) is 4.98. The maximum atomic E-state index is 5.57. The van der Waals surface area contributed by atoms with Gasteiger partial charge in [-0.1, -0.05) is 26.0 Å². The van der Waals surface area contributed by atoms with Crippen molar-refractivity contribution in [1.29, 1.82) is 0 Å². The molecule has 17 heavy (non-hydrogen) atoms. The molecule has 0 aromatic heterocycles. The Morgan fingerprint density at radius 2 is 1.94 bits per heavy atom. The van der Waals surface area contributed by atoms with E-state index in [1.54, 1.807) is 0 Å². The molecule has 0 aliphatic carbocycles. The van der Waals surface area contributed by atoms with Crippen LogP contribution in [0.5, 0.6) is 5.75 Å². The predicted octanol–water partition coefficient (Wildman–Crippen LogP) is 3.44. The van der Waals surface area contributed by atoms with Crippen LogP contribution in [0.1, 0.15) is 32.8 Å². The quantitative estimate of drug-likeness (QED) is 0.703. The molecule has 3 atom stereocenters. The normalized spacial score (nSPS) is 24.4. The van der Waals surface area contributed by atoms with Gasteiger partial charge in [-0.05, 0) is 43.4 Å². The highest BCUT2D eigenvalue weighted by Gasteiger charge is 2.38. The first-order valence-electron chi connectivity index (χ1n) is 6.58. The molecule has 2 heteroatoms. The number of hydrogen-bond donors (Lipinski definition) is 0. The molecule has 0 amide bonds. The highest BCUT2D eigenvalue weighted by Crippen LogP contribution is 2.31. The summed E-state index contributed by atoms with van der Waals surface area (Å²) in [6.45, 7) is 7.31. The topological polar surface area (TPSA) is 21.8 Å². The van der Waals surface area contributed by atoms with Gasteiger partial charge in [-0.3, -0.25) is 0 Å². The minimum absolute atomic E-state index is 0.456. The van der Waals surface area contributed by atoms with Crippen molar-refractivity contribution in [3.05, 3.63) is 29.8 Å². The van der Waals surface area contributed by atoms with Crippen LogP contribution in [0.25, 0.3) is 0 Å². The van der Waals surface area contributed by atoms with E-state index < -0.39 is 0 Å². The van der Waals surface area contributed by atoms with Crippen LogP contribution in [0.4, 0.5) is 0 Å². The molecule has 2 nitrogen and oxygen atoms in total. The molecular formula is C15H22O2. The summed E-state index contributed by atoms with van der Waals surface area (Å²) in [5.41, 5.74) is 1.36. The molecule has 1 fully saturated rings. The Morgan fingerprint density at radius 3 is 2.47 bits per heavy atom. The van der Waals surface area contributed by atoms with Crippen LogP contribution < -0.4 is 4.74 Å². The van der Waals surface area contributed by atoms with Crippen LogP contribution in [0, 0.1) is 5.92 Å². The molecule has 3 unspecified atom stereocenters. The summed E-state index contributed by atoms with van der Waals surface area (Å²) >= 11 is 0. The third-order valence-electron chi connectivity index (χ3n) is 3.27. The van der Waals surface area contributed by atoms with Crippen LogP contribution in [0.15, 0.2) is 24.3 Å². The van der Waals surface area contributed by atoms with Crippen LogP contribution in [-0.2, 0) is 11.2 Å². The van der Waals surface area contributed by atoms with Gasteiger partial charge in [0.1, 0.15) is 5.75 Å². The predicted molar refractivity (Wildman–Crippen MR) is 69.4 cm³/mol. The molecular weight excluding hydrogens is 212 g/mol. The van der Waals surface area contributed by atoms with E-state index in [2.05, 4.69) is 45.0 Å². The van der Waals surface area contributed by atoms with E-state index in [-0.39, 0.29) is 0 Å². The fourth-order valence-corrected chi connectivity index (χ4v) is 2.23. The molecule has 1 aliphatic rings. The average Bonchev–Trinajstić information content (AvgIpc) is 3.06. The minimum atomic E-state index is 0.456. The van der Waals surface area contributed by atoms with Crippen molar-refractivity contribution in [1.82, 2.24) is 0 Å². The molecule has 1 aromatic rings. The van der Waals surface area contributed by atoms with Crippen molar-refractivity contribution in [2.45, 2.75) is 45.8 Å². The molecule has 1 heterocycles. The van der Waals surface area contributed by atoms with Gasteiger partial charge in [0.05, 0.1) is 18.8 Å². The first-order chi connectivity index (χ1) is 8.20. The van der Waals surface area contributed by atoms with Crippen LogP contribution in [0.3, 0.4) is 0 Å². The molecule has 2 rings (SSSR count). The Hall–Kier alpha value is -1.02. The maximum Gasteiger partial charge on any atom is 0.119 e. The van der Waals surface area contributed by atoms with Gasteiger partial charge in [0.25, 0.3) is 0 Å². The Balaban J connectivity index is 1.85. The summed E-state index contributed by atoms with van der Waals surface area (Å²) in [5.74, 6) is 1.58. The number of hydrogen-bond acceptors (Lipinski definition) is 2. The van der Waals surface area contributed by atoms with Crippen molar-refractivity contribution < 1.29 is 9.47 Å². The lowest BCUT2D eigenvalue weighted by atomic mass is 9.97. The third-order valence-corrected chi connectivity index (χ3v) is 3.27. The SMILES string of the molecule is CCCOc1ccc(CC(C)C2OC2C)cc1. The first kappa shape index (κ1) is 12.4. The summed E-state index contributed by atoms with van der Waals surface area (Å²) in [5, 5.41) is 0. The van der Waals surface area contributed by atoms with E-state index in [1.165, 1.54) is 5.56 Å². The van der Waals surface area contributed by atoms with Crippen LogP contribution in [0.2, 0.25) is 0 Å². The molecule has 0 bridgehead atoms. The van der Waals surface area contributed by atoms with Gasteiger partial charge in [0, 0.05) is 0 Å². The summed E-state index contributed by atoms with van der Waals surface area (Å²) in [7, 11) is 0. The van der Waals surface area contributed by atoms with Gasteiger partial charge in [0.15, 0.2) is 0 Å². The summed E-state index contributed by atoms with van der Waals surface area (Å²) in [6.07, 6.45) is 3.06. The Kier molecular flexibility index (Phi) is 4.06. The number of ether oxygens (including phenoxy) is 2. The van der Waals surface area contributed by atoms with Crippen molar-refractivity contribution in [2.24, 2.45) is 5.92 Å². The van der Waals surface area contributed by atoms with E-state index in [1.807, 2.05) is 0 Å². The lowest BCUT2D eigenvalue weighted by Gasteiger charge is -2.09. The molecule has 94 valence electrons. The second-order valence-corrected chi connectivity index (χ2v) is 4.98. The average molecular weight is 234 g/mol. The largest absolute Gasteiger partial charge is 0.494 e. The fourth-order valence-electron chi connectivity index (χ4n) is 2.23. The lowest BCUT2D eigenvalue weighted by molar-refractivity contribution is 0.317. The summed E-state index contributed by atoms with van der Waals surface area (Å²) in [4.78, 5) is 0. The standard InChI is InChI=1S/C15H22O2/c1-4-9-16-14-7-5-13(6-8-14)10-11(2)15-12(3)17-15/h5-8,11-12,15H,4,9-10H2,1-3H3. The van der Waals surface area contributed by atoms with Crippen LogP contribution in [-0.4, -0.2) is 18.8 Å². The maximum absolute atomic E-state index is 5.57. The van der Waals surface area contributed by atoms with E-state index in [9.17, 15) is 0 Å². The molecule has 1 saturated heterocycles. The van der Waals surface area contributed by atoms with Crippen molar-refractivity contribution in [2.75, 3.05) is 6.61 Å². The zero-order chi connectivity index (χ0) is 12.3. The summed E-state index contributed by atoms with van der Waals surface area (Å²) in [6, 6.07) is 8.45. The van der Waals surface area contributed by atoms with Gasteiger partial charge in [0.2, 0.25) is 0 Å². The van der Waals surface area contributed by atoms with Gasteiger partial charge in [-0.15, -0.1) is 0 Å². The lowest BCUT2D eigenvalue weighted by Crippen LogP contribution is -2.08. The molecule has 0 spiro atoms. The van der Waals surface area contributed by atoms with E-state index in [0.29, 0.717) is 18.1 Å².